The number of carboxylic acid groups (broad SMARTS) is 1. The number of carbonyl (C=O) groups excluding carboxylic acids is 1. The quantitative estimate of drug-likeness (QED) is 0.288. The van der Waals surface area contributed by atoms with E-state index in [-0.39, 0.29) is 37.8 Å². The molecule has 4 rings (SSSR count). The molecule has 230 valence electrons. The van der Waals surface area contributed by atoms with E-state index in [4.69, 9.17) is 9.47 Å². The molecule has 0 radical (unpaired) electrons. The minimum atomic E-state index is -0.893. The van der Waals surface area contributed by atoms with Crippen LogP contribution in [0, 0.1) is 5.92 Å². The van der Waals surface area contributed by atoms with E-state index < -0.39 is 11.9 Å². The highest BCUT2D eigenvalue weighted by Gasteiger charge is 2.47. The number of aryl methyl sites for hydroxylation is 1. The summed E-state index contributed by atoms with van der Waals surface area (Å²) in [6, 6.07) is 9.05. The number of ether oxygens (including phenoxy) is 2. The standard InChI is InChI=1S/C32H46N4O6/c1-4-5-15-35(16-9-8-14-34(2)3)29(38)20-36-19-26(23-17-24(21-37)31-28(18-23)41-22-42-31)30(32(39)40)27(36)12-11-25-10-6-7-13-33-25/h6-7,10,13,17-18,26-27,30,37H,4-5,8-9,11-12,14-16,19-22H2,1-3H3,(H,39,40)/t26-,27+,30-/m1/s1. The van der Waals surface area contributed by atoms with Gasteiger partial charge in [0, 0.05) is 49.0 Å². The Kier molecular flexibility index (Phi) is 11.6. The van der Waals surface area contributed by atoms with Crippen molar-refractivity contribution in [1.82, 2.24) is 19.7 Å². The number of aliphatic hydroxyl groups excluding tert-OH is 1. The molecule has 1 saturated heterocycles. The van der Waals surface area contributed by atoms with Crippen molar-refractivity contribution < 1.29 is 29.3 Å². The highest BCUT2D eigenvalue weighted by Crippen LogP contribution is 2.44. The van der Waals surface area contributed by atoms with Crippen molar-refractivity contribution in [2.75, 3.05) is 53.6 Å². The Balaban J connectivity index is 1.59. The van der Waals surface area contributed by atoms with Gasteiger partial charge >= 0.3 is 5.97 Å². The summed E-state index contributed by atoms with van der Waals surface area (Å²) in [4.78, 5) is 37.3. The fraction of sp³-hybridized carbons (Fsp3) is 0.594. The third kappa shape index (κ3) is 7.99. The average molecular weight is 583 g/mol. The van der Waals surface area contributed by atoms with Gasteiger partial charge in [0.1, 0.15) is 0 Å². The number of unbranched alkanes of at least 4 members (excludes halogenated alkanes) is 2. The van der Waals surface area contributed by atoms with Gasteiger partial charge in [-0.3, -0.25) is 19.5 Å². The molecule has 2 aliphatic heterocycles. The molecule has 1 fully saturated rings. The molecule has 2 N–H and O–H groups in total. The van der Waals surface area contributed by atoms with Crippen molar-refractivity contribution >= 4 is 11.9 Å². The Labute approximate surface area is 249 Å². The first-order chi connectivity index (χ1) is 20.3. The van der Waals surface area contributed by atoms with Gasteiger partial charge < -0.3 is 29.5 Å². The fourth-order valence-electron chi connectivity index (χ4n) is 6.18. The topological polar surface area (TPSA) is 116 Å². The van der Waals surface area contributed by atoms with E-state index in [9.17, 15) is 19.8 Å². The first-order valence-corrected chi connectivity index (χ1v) is 15.1. The lowest BCUT2D eigenvalue weighted by Crippen LogP contribution is -2.45. The van der Waals surface area contributed by atoms with Crippen molar-refractivity contribution in [3.8, 4) is 11.5 Å². The van der Waals surface area contributed by atoms with Crippen LogP contribution in [0.1, 0.15) is 61.8 Å². The number of amides is 1. The minimum absolute atomic E-state index is 0.0441. The Morgan fingerprint density at radius 3 is 2.57 bits per heavy atom. The lowest BCUT2D eigenvalue weighted by atomic mass is 9.83. The summed E-state index contributed by atoms with van der Waals surface area (Å²) in [6.07, 6.45) is 6.79. The summed E-state index contributed by atoms with van der Waals surface area (Å²) in [6.45, 7) is 4.92. The SMILES string of the molecule is CCCCN(CCCCN(C)C)C(=O)CN1C[C@H](c2cc(CO)c3c(c2)OCO3)[C@@H](C(=O)O)[C@@H]1CCc1ccccn1. The number of aliphatic carboxylic acids is 1. The van der Waals surface area contributed by atoms with Gasteiger partial charge in [-0.2, -0.15) is 0 Å². The maximum Gasteiger partial charge on any atom is 0.308 e. The zero-order valence-electron chi connectivity index (χ0n) is 25.2. The summed E-state index contributed by atoms with van der Waals surface area (Å²) in [5.41, 5.74) is 2.25. The molecule has 2 aliphatic rings. The van der Waals surface area contributed by atoms with Gasteiger partial charge in [-0.15, -0.1) is 0 Å². The summed E-state index contributed by atoms with van der Waals surface area (Å²) in [7, 11) is 4.11. The number of hydrogen-bond acceptors (Lipinski definition) is 8. The number of rotatable bonds is 16. The molecule has 3 atom stereocenters. The maximum absolute atomic E-state index is 13.8. The average Bonchev–Trinajstić information content (AvgIpc) is 3.60. The van der Waals surface area contributed by atoms with Gasteiger partial charge in [-0.05, 0) is 82.6 Å². The molecule has 0 aliphatic carbocycles. The van der Waals surface area contributed by atoms with Crippen LogP contribution in [0.5, 0.6) is 11.5 Å². The molecular formula is C32H46N4O6. The molecule has 0 saturated carbocycles. The summed E-state index contributed by atoms with van der Waals surface area (Å²) in [5.74, 6) is -0.946. The Bertz CT molecular complexity index is 1180. The molecule has 1 aromatic carbocycles. The van der Waals surface area contributed by atoms with E-state index >= 15 is 0 Å². The molecular weight excluding hydrogens is 536 g/mol. The second-order valence-corrected chi connectivity index (χ2v) is 11.6. The molecule has 2 aromatic rings. The van der Waals surface area contributed by atoms with Gasteiger partial charge in [0.15, 0.2) is 11.5 Å². The molecule has 1 amide bonds. The Hall–Kier alpha value is -3.21. The van der Waals surface area contributed by atoms with Crippen molar-refractivity contribution in [2.24, 2.45) is 5.92 Å². The van der Waals surface area contributed by atoms with Gasteiger partial charge in [-0.25, -0.2) is 0 Å². The normalized spacial score (nSPS) is 19.9. The highest BCUT2D eigenvalue weighted by atomic mass is 16.7. The maximum atomic E-state index is 13.8. The van der Waals surface area contributed by atoms with E-state index in [1.807, 2.05) is 35.2 Å². The lowest BCUT2D eigenvalue weighted by molar-refractivity contribution is -0.143. The molecule has 10 nitrogen and oxygen atoms in total. The number of pyridine rings is 1. The number of nitrogens with zero attached hydrogens (tertiary/aromatic N) is 4. The molecule has 0 unspecified atom stereocenters. The highest BCUT2D eigenvalue weighted by molar-refractivity contribution is 5.79. The number of benzene rings is 1. The fourth-order valence-corrected chi connectivity index (χ4v) is 6.18. The van der Waals surface area contributed by atoms with Crippen LogP contribution < -0.4 is 9.47 Å². The van der Waals surface area contributed by atoms with Crippen LogP contribution in [-0.4, -0.2) is 101 Å². The van der Waals surface area contributed by atoms with E-state index in [2.05, 4.69) is 35.8 Å². The zero-order valence-corrected chi connectivity index (χ0v) is 25.2. The zero-order chi connectivity index (χ0) is 30.1. The summed E-state index contributed by atoms with van der Waals surface area (Å²) in [5, 5.41) is 20.6. The predicted octanol–water partition coefficient (Wildman–Crippen LogP) is 3.37. The third-order valence-electron chi connectivity index (χ3n) is 8.38. The van der Waals surface area contributed by atoms with E-state index in [0.29, 0.717) is 49.5 Å². The molecule has 3 heterocycles. The first kappa shape index (κ1) is 31.7. The number of hydrogen-bond donors (Lipinski definition) is 2. The number of carbonyl (C=O) groups is 2. The molecule has 0 spiro atoms. The van der Waals surface area contributed by atoms with E-state index in [1.54, 1.807) is 6.20 Å². The predicted molar refractivity (Wildman–Crippen MR) is 160 cm³/mol. The summed E-state index contributed by atoms with van der Waals surface area (Å²) < 4.78 is 11.2. The van der Waals surface area contributed by atoms with Crippen LogP contribution in [0.15, 0.2) is 36.5 Å². The largest absolute Gasteiger partial charge is 0.481 e. The summed E-state index contributed by atoms with van der Waals surface area (Å²) >= 11 is 0. The monoisotopic (exact) mass is 582 g/mol. The second-order valence-electron chi connectivity index (χ2n) is 11.6. The molecule has 10 heteroatoms. The molecule has 42 heavy (non-hydrogen) atoms. The molecule has 0 bridgehead atoms. The van der Waals surface area contributed by atoms with Gasteiger partial charge in [0.05, 0.1) is 19.1 Å². The van der Waals surface area contributed by atoms with Crippen molar-refractivity contribution in [1.29, 1.82) is 0 Å². The van der Waals surface area contributed by atoms with Gasteiger partial charge in [0.25, 0.3) is 0 Å². The van der Waals surface area contributed by atoms with Gasteiger partial charge in [0.2, 0.25) is 12.7 Å². The lowest BCUT2D eigenvalue weighted by Gasteiger charge is -2.30. The Morgan fingerprint density at radius 1 is 1.10 bits per heavy atom. The number of aliphatic hydroxyl groups is 1. The van der Waals surface area contributed by atoms with Crippen LogP contribution in [0.3, 0.4) is 0 Å². The van der Waals surface area contributed by atoms with Gasteiger partial charge in [-0.1, -0.05) is 19.4 Å². The third-order valence-corrected chi connectivity index (χ3v) is 8.38. The minimum Gasteiger partial charge on any atom is -0.481 e. The van der Waals surface area contributed by atoms with Crippen molar-refractivity contribution in [3.05, 3.63) is 53.3 Å². The van der Waals surface area contributed by atoms with Crippen LogP contribution >= 0.6 is 0 Å². The van der Waals surface area contributed by atoms with E-state index in [0.717, 1.165) is 43.5 Å². The number of likely N-dealkylation sites (tertiary alicyclic amines) is 1. The first-order valence-electron chi connectivity index (χ1n) is 15.1. The molecule has 1 aromatic heterocycles. The van der Waals surface area contributed by atoms with Crippen molar-refractivity contribution in [2.45, 2.75) is 64.0 Å². The van der Waals surface area contributed by atoms with Crippen LogP contribution in [0.4, 0.5) is 0 Å². The van der Waals surface area contributed by atoms with Crippen LogP contribution in [-0.2, 0) is 22.6 Å². The second kappa shape index (κ2) is 15.3. The van der Waals surface area contributed by atoms with Crippen LogP contribution in [0.25, 0.3) is 0 Å². The number of fused-ring (bicyclic) bond motifs is 1. The Morgan fingerprint density at radius 2 is 1.88 bits per heavy atom. The van der Waals surface area contributed by atoms with Crippen molar-refractivity contribution in [3.63, 3.8) is 0 Å². The number of aromatic nitrogens is 1. The van der Waals surface area contributed by atoms with E-state index in [1.165, 1.54) is 0 Å². The smallest absolute Gasteiger partial charge is 0.308 e. The number of carboxylic acids is 1. The van der Waals surface area contributed by atoms with Crippen LogP contribution in [0.2, 0.25) is 0 Å².